The van der Waals surface area contributed by atoms with Crippen molar-refractivity contribution in [2.24, 2.45) is 0 Å². The SMILES string of the molecule is CCCCCc1ccc(OC)c(C=O)c1.O=Cc1ccc(PI)cc1. The van der Waals surface area contributed by atoms with E-state index in [1.165, 1.54) is 30.1 Å². The van der Waals surface area contributed by atoms with Gasteiger partial charge in [0.1, 0.15) is 12.0 Å². The molecule has 0 aromatic heterocycles. The molecule has 0 bridgehead atoms. The van der Waals surface area contributed by atoms with Crippen molar-refractivity contribution in [3.63, 3.8) is 0 Å². The van der Waals surface area contributed by atoms with E-state index < -0.39 is 0 Å². The second-order valence-electron chi connectivity index (χ2n) is 5.49. The van der Waals surface area contributed by atoms with E-state index in [1.54, 1.807) is 7.11 Å². The highest BCUT2D eigenvalue weighted by atomic mass is 127. The van der Waals surface area contributed by atoms with E-state index in [0.29, 0.717) is 11.3 Å². The number of aldehydes is 2. The number of benzene rings is 2. The lowest BCUT2D eigenvalue weighted by Gasteiger charge is -2.06. The highest BCUT2D eigenvalue weighted by molar-refractivity contribution is 14.2. The lowest BCUT2D eigenvalue weighted by atomic mass is 10.0. The van der Waals surface area contributed by atoms with Gasteiger partial charge in [0, 0.05) is 5.56 Å². The van der Waals surface area contributed by atoms with Crippen LogP contribution in [-0.4, -0.2) is 19.7 Å². The van der Waals surface area contributed by atoms with Crippen molar-refractivity contribution >= 4 is 46.1 Å². The van der Waals surface area contributed by atoms with Gasteiger partial charge >= 0.3 is 0 Å². The summed E-state index contributed by atoms with van der Waals surface area (Å²) in [7, 11) is 1.58. The number of halogens is 1. The second kappa shape index (κ2) is 13.0. The Hall–Kier alpha value is -1.26. The number of hydrogen-bond donors (Lipinski definition) is 0. The lowest BCUT2D eigenvalue weighted by Crippen LogP contribution is -1.93. The maximum atomic E-state index is 10.8. The molecule has 134 valence electrons. The molecular formula is C20H24IO3P. The van der Waals surface area contributed by atoms with E-state index in [9.17, 15) is 9.59 Å². The first-order chi connectivity index (χ1) is 12.2. The van der Waals surface area contributed by atoms with E-state index in [1.807, 2.05) is 42.5 Å². The Morgan fingerprint density at radius 1 is 1.04 bits per heavy atom. The Morgan fingerprint density at radius 3 is 2.28 bits per heavy atom. The number of carbonyl (C=O) groups is 2. The van der Waals surface area contributed by atoms with Gasteiger partial charge in [-0.2, -0.15) is 0 Å². The van der Waals surface area contributed by atoms with E-state index in [4.69, 9.17) is 4.74 Å². The monoisotopic (exact) mass is 470 g/mol. The number of hydrogen-bond acceptors (Lipinski definition) is 3. The molecule has 0 spiro atoms. The van der Waals surface area contributed by atoms with Crippen molar-refractivity contribution in [1.29, 1.82) is 0 Å². The van der Waals surface area contributed by atoms with Gasteiger partial charge in [0.05, 0.1) is 12.7 Å². The number of methoxy groups -OCH3 is 1. The van der Waals surface area contributed by atoms with Gasteiger partial charge in [-0.05, 0) is 42.1 Å². The summed E-state index contributed by atoms with van der Waals surface area (Å²) in [4.78, 5) is 21.0. The minimum atomic E-state index is 0.645. The first kappa shape index (κ1) is 21.8. The van der Waals surface area contributed by atoms with Crippen LogP contribution in [0.2, 0.25) is 0 Å². The van der Waals surface area contributed by atoms with Crippen LogP contribution < -0.4 is 10.0 Å². The summed E-state index contributed by atoms with van der Waals surface area (Å²) in [6.07, 6.45) is 7.17. The molecule has 0 N–H and O–H groups in total. The van der Waals surface area contributed by atoms with Gasteiger partial charge in [-0.15, -0.1) is 0 Å². The van der Waals surface area contributed by atoms with Crippen molar-refractivity contribution in [2.75, 3.05) is 7.11 Å². The number of unbranched alkanes of at least 4 members (excludes halogenated alkanes) is 2. The van der Waals surface area contributed by atoms with Crippen LogP contribution in [0, 0.1) is 0 Å². The Balaban J connectivity index is 0.000000271. The molecule has 0 saturated heterocycles. The molecule has 0 aliphatic rings. The summed E-state index contributed by atoms with van der Waals surface area (Å²) in [6, 6.07) is 13.5. The third kappa shape index (κ3) is 8.10. The van der Waals surface area contributed by atoms with Crippen molar-refractivity contribution in [2.45, 2.75) is 32.6 Å². The molecule has 3 nitrogen and oxygen atoms in total. The zero-order valence-corrected chi connectivity index (χ0v) is 17.8. The van der Waals surface area contributed by atoms with Crippen molar-refractivity contribution in [3.8, 4) is 5.75 Å². The standard InChI is InChI=1S/C13H18O2.C7H6IOP/c1-3-4-5-6-11-7-8-13(15-2)12(9-11)10-14;8-10-7-3-1-6(5-9)2-4-7/h7-10H,3-6H2,1-2H3;1-5,10H. The summed E-state index contributed by atoms with van der Waals surface area (Å²) < 4.78 is 5.09. The van der Waals surface area contributed by atoms with Gasteiger partial charge in [0.2, 0.25) is 0 Å². The first-order valence-electron chi connectivity index (χ1n) is 8.22. The van der Waals surface area contributed by atoms with Gasteiger partial charge in [-0.25, -0.2) is 0 Å². The molecule has 1 unspecified atom stereocenters. The maximum Gasteiger partial charge on any atom is 0.153 e. The summed E-state index contributed by atoms with van der Waals surface area (Å²) in [5.74, 6) is 0.657. The maximum absolute atomic E-state index is 10.8. The van der Waals surface area contributed by atoms with E-state index in [2.05, 4.69) is 29.0 Å². The average Bonchev–Trinajstić information content (AvgIpc) is 2.68. The van der Waals surface area contributed by atoms with Crippen molar-refractivity contribution < 1.29 is 14.3 Å². The third-order valence-electron chi connectivity index (χ3n) is 3.65. The van der Waals surface area contributed by atoms with Crippen LogP contribution in [-0.2, 0) is 6.42 Å². The largest absolute Gasteiger partial charge is 0.496 e. The molecule has 25 heavy (non-hydrogen) atoms. The summed E-state index contributed by atoms with van der Waals surface area (Å²) in [5.41, 5.74) is 2.61. The minimum absolute atomic E-state index is 0.645. The Labute approximate surface area is 164 Å². The summed E-state index contributed by atoms with van der Waals surface area (Å²) >= 11 is 2.32. The van der Waals surface area contributed by atoms with Crippen LogP contribution in [0.1, 0.15) is 52.5 Å². The molecule has 0 aliphatic heterocycles. The molecule has 2 rings (SSSR count). The number of aryl methyl sites for hydroxylation is 1. The molecule has 5 heteroatoms. The van der Waals surface area contributed by atoms with Crippen LogP contribution in [0.25, 0.3) is 0 Å². The van der Waals surface area contributed by atoms with E-state index >= 15 is 0 Å². The summed E-state index contributed by atoms with van der Waals surface area (Å²) in [5, 5.41) is 1.28. The first-order valence-corrected chi connectivity index (χ1v) is 12.3. The van der Waals surface area contributed by atoms with Crippen LogP contribution >= 0.6 is 28.3 Å². The molecular weight excluding hydrogens is 446 g/mol. The molecule has 0 saturated carbocycles. The predicted octanol–water partition coefficient (Wildman–Crippen LogP) is 5.39. The van der Waals surface area contributed by atoms with Gasteiger partial charge in [-0.3, -0.25) is 9.59 Å². The Morgan fingerprint density at radius 2 is 1.76 bits per heavy atom. The number of carbonyl (C=O) groups excluding carboxylic acids is 2. The van der Waals surface area contributed by atoms with Crippen LogP contribution in [0.15, 0.2) is 42.5 Å². The highest BCUT2D eigenvalue weighted by Crippen LogP contribution is 2.19. The molecule has 2 aromatic rings. The predicted molar refractivity (Wildman–Crippen MR) is 115 cm³/mol. The molecule has 0 radical (unpaired) electrons. The van der Waals surface area contributed by atoms with E-state index in [-0.39, 0.29) is 0 Å². The molecule has 0 aliphatic carbocycles. The number of ether oxygens (including phenoxy) is 1. The van der Waals surface area contributed by atoms with Gasteiger partial charge < -0.3 is 4.74 Å². The fourth-order valence-electron chi connectivity index (χ4n) is 2.24. The summed E-state index contributed by atoms with van der Waals surface area (Å²) in [6.45, 7) is 2.19. The third-order valence-corrected chi connectivity index (χ3v) is 6.07. The Kier molecular flexibility index (Phi) is 11.3. The Bertz CT molecular complexity index is 656. The zero-order chi connectivity index (χ0) is 18.5. The normalized spacial score (nSPS) is 10.2. The smallest absolute Gasteiger partial charge is 0.153 e. The van der Waals surface area contributed by atoms with Gasteiger partial charge in [-0.1, -0.05) is 72.1 Å². The molecule has 2 aromatic carbocycles. The molecule has 0 heterocycles. The topological polar surface area (TPSA) is 43.4 Å². The second-order valence-corrected chi connectivity index (χ2v) is 7.87. The zero-order valence-electron chi connectivity index (χ0n) is 14.6. The van der Waals surface area contributed by atoms with Crippen LogP contribution in [0.3, 0.4) is 0 Å². The van der Waals surface area contributed by atoms with Gasteiger partial charge in [0.25, 0.3) is 0 Å². The van der Waals surface area contributed by atoms with Crippen molar-refractivity contribution in [1.82, 2.24) is 0 Å². The quantitative estimate of drug-likeness (QED) is 0.225. The highest BCUT2D eigenvalue weighted by Gasteiger charge is 2.02. The van der Waals surface area contributed by atoms with Crippen LogP contribution in [0.5, 0.6) is 5.75 Å². The minimum Gasteiger partial charge on any atom is -0.496 e. The van der Waals surface area contributed by atoms with E-state index in [0.717, 1.165) is 30.8 Å². The fraction of sp³-hybridized carbons (Fsp3) is 0.300. The molecule has 0 fully saturated rings. The van der Waals surface area contributed by atoms with Gasteiger partial charge in [0.15, 0.2) is 6.29 Å². The average molecular weight is 470 g/mol. The molecule has 1 atom stereocenters. The lowest BCUT2D eigenvalue weighted by molar-refractivity contribution is 0.111. The fourth-order valence-corrected chi connectivity index (χ4v) is 3.61. The van der Waals surface area contributed by atoms with Crippen LogP contribution in [0.4, 0.5) is 0 Å². The number of rotatable bonds is 8. The van der Waals surface area contributed by atoms with Crippen molar-refractivity contribution in [3.05, 3.63) is 59.2 Å². The molecule has 0 amide bonds.